The third-order valence-corrected chi connectivity index (χ3v) is 4.90. The topological polar surface area (TPSA) is 48.8 Å². The molecule has 2 heterocycles. The van der Waals surface area contributed by atoms with Gasteiger partial charge in [-0.2, -0.15) is 0 Å². The number of ether oxygens (including phenoxy) is 3. The molecule has 0 saturated carbocycles. The number of nitrogens with zero attached hydrogens (tertiary/aromatic N) is 3. The molecule has 0 aliphatic carbocycles. The van der Waals surface area contributed by atoms with Crippen molar-refractivity contribution in [1.29, 1.82) is 0 Å². The normalized spacial score (nSPS) is 14.6. The van der Waals surface area contributed by atoms with E-state index in [9.17, 15) is 0 Å². The van der Waals surface area contributed by atoms with E-state index in [0.717, 1.165) is 55.4 Å². The Labute approximate surface area is 171 Å². The highest BCUT2D eigenvalue weighted by atomic mass is 35.5. The Morgan fingerprint density at radius 1 is 1.04 bits per heavy atom. The van der Waals surface area contributed by atoms with Crippen LogP contribution in [0.4, 0.5) is 0 Å². The van der Waals surface area contributed by atoms with Gasteiger partial charge in [0.05, 0.1) is 26.0 Å². The van der Waals surface area contributed by atoms with Crippen molar-refractivity contribution in [3.8, 4) is 17.3 Å². The van der Waals surface area contributed by atoms with Gasteiger partial charge in [0, 0.05) is 31.4 Å². The third-order valence-electron chi connectivity index (χ3n) is 4.90. The number of morpholine rings is 1. The smallest absolute Gasteiger partial charge is 0.233 e. The van der Waals surface area contributed by atoms with Crippen molar-refractivity contribution in [2.24, 2.45) is 0 Å². The zero-order chi connectivity index (χ0) is 18.6. The molecule has 1 aromatic heterocycles. The maximum Gasteiger partial charge on any atom is 0.233 e. The fourth-order valence-electron chi connectivity index (χ4n) is 3.35. The van der Waals surface area contributed by atoms with Gasteiger partial charge in [-0.05, 0) is 42.0 Å². The highest BCUT2D eigenvalue weighted by Crippen LogP contribution is 2.25. The molecule has 1 aliphatic heterocycles. The third kappa shape index (κ3) is 4.58. The van der Waals surface area contributed by atoms with E-state index in [0.29, 0.717) is 12.5 Å². The van der Waals surface area contributed by atoms with Crippen molar-refractivity contribution in [2.45, 2.75) is 6.92 Å². The van der Waals surface area contributed by atoms with Crippen molar-refractivity contribution in [1.82, 2.24) is 14.7 Å². The summed E-state index contributed by atoms with van der Waals surface area (Å²) in [7, 11) is 1.68. The molecule has 0 atom stereocenters. The van der Waals surface area contributed by atoms with Gasteiger partial charge in [-0.25, -0.2) is 4.68 Å². The van der Waals surface area contributed by atoms with Crippen LogP contribution in [-0.2, 0) is 4.74 Å². The number of hydrogen-bond donors (Lipinski definition) is 0. The van der Waals surface area contributed by atoms with Crippen LogP contribution in [-0.4, -0.2) is 61.2 Å². The summed E-state index contributed by atoms with van der Waals surface area (Å²) >= 11 is 0. The number of aromatic nitrogens is 2. The largest absolute Gasteiger partial charge is 0.497 e. The lowest BCUT2D eigenvalue weighted by Crippen LogP contribution is -2.38. The molecule has 4 rings (SSSR count). The van der Waals surface area contributed by atoms with Crippen LogP contribution in [0.5, 0.6) is 11.6 Å². The first-order valence-corrected chi connectivity index (χ1v) is 9.31. The van der Waals surface area contributed by atoms with Crippen LogP contribution in [0.2, 0.25) is 0 Å². The van der Waals surface area contributed by atoms with Gasteiger partial charge < -0.3 is 14.2 Å². The molecule has 0 amide bonds. The lowest BCUT2D eigenvalue weighted by molar-refractivity contribution is 0.0320. The van der Waals surface area contributed by atoms with Gasteiger partial charge in [0.2, 0.25) is 5.88 Å². The minimum Gasteiger partial charge on any atom is -0.497 e. The molecule has 6 nitrogen and oxygen atoms in total. The van der Waals surface area contributed by atoms with Crippen molar-refractivity contribution < 1.29 is 14.2 Å². The number of aryl methyl sites for hydroxylation is 1. The average molecular weight is 404 g/mol. The summed E-state index contributed by atoms with van der Waals surface area (Å²) in [5.74, 6) is 1.51. The van der Waals surface area contributed by atoms with Gasteiger partial charge in [0.25, 0.3) is 0 Å². The van der Waals surface area contributed by atoms with Crippen molar-refractivity contribution in [3.05, 3.63) is 48.2 Å². The van der Waals surface area contributed by atoms with E-state index in [2.05, 4.69) is 34.3 Å². The van der Waals surface area contributed by atoms with Crippen molar-refractivity contribution >= 4 is 23.2 Å². The summed E-state index contributed by atoms with van der Waals surface area (Å²) in [6.07, 6.45) is 0. The Hall–Kier alpha value is -2.28. The van der Waals surface area contributed by atoms with E-state index < -0.39 is 0 Å². The van der Waals surface area contributed by atoms with Crippen LogP contribution in [0.1, 0.15) is 5.69 Å². The van der Waals surface area contributed by atoms with Crippen LogP contribution >= 0.6 is 12.4 Å². The minimum atomic E-state index is 0. The first kappa shape index (κ1) is 20.5. The summed E-state index contributed by atoms with van der Waals surface area (Å²) < 4.78 is 18.5. The molecule has 1 aliphatic rings. The maximum atomic E-state index is 5.88. The van der Waals surface area contributed by atoms with Crippen LogP contribution in [0.15, 0.2) is 42.5 Å². The quantitative estimate of drug-likeness (QED) is 0.630. The van der Waals surface area contributed by atoms with Gasteiger partial charge in [0.1, 0.15) is 12.4 Å². The zero-order valence-corrected chi connectivity index (χ0v) is 17.1. The summed E-state index contributed by atoms with van der Waals surface area (Å²) in [5, 5.41) is 6.93. The number of halogens is 1. The first-order valence-electron chi connectivity index (χ1n) is 9.31. The number of rotatable bonds is 6. The van der Waals surface area contributed by atoms with Gasteiger partial charge in [-0.3, -0.25) is 4.90 Å². The summed E-state index contributed by atoms with van der Waals surface area (Å²) in [6.45, 7) is 7.11. The number of hydrogen-bond acceptors (Lipinski definition) is 5. The van der Waals surface area contributed by atoms with Gasteiger partial charge >= 0.3 is 0 Å². The second-order valence-corrected chi connectivity index (χ2v) is 6.74. The molecule has 2 aromatic carbocycles. The Bertz CT molecular complexity index is 922. The molecule has 0 bridgehead atoms. The van der Waals surface area contributed by atoms with E-state index in [1.807, 2.05) is 29.8 Å². The molecule has 7 heteroatoms. The SMILES string of the molecule is COc1ccc2ccc(-n3nc(OCCN4CCOCC4)cc3C)cc2c1.Cl. The van der Waals surface area contributed by atoms with Gasteiger partial charge in [-0.1, -0.05) is 12.1 Å². The van der Waals surface area contributed by atoms with E-state index in [1.54, 1.807) is 7.11 Å². The molecule has 0 N–H and O–H groups in total. The highest BCUT2D eigenvalue weighted by molar-refractivity contribution is 5.86. The van der Waals surface area contributed by atoms with Gasteiger partial charge in [0.15, 0.2) is 0 Å². The molecular weight excluding hydrogens is 378 g/mol. The summed E-state index contributed by atoms with van der Waals surface area (Å²) in [5.41, 5.74) is 2.05. The molecule has 150 valence electrons. The Morgan fingerprint density at radius 3 is 2.61 bits per heavy atom. The average Bonchev–Trinajstić information content (AvgIpc) is 3.08. The number of benzene rings is 2. The lowest BCUT2D eigenvalue weighted by atomic mass is 10.1. The number of fused-ring (bicyclic) bond motifs is 1. The molecule has 0 unspecified atom stereocenters. The van der Waals surface area contributed by atoms with Crippen LogP contribution < -0.4 is 9.47 Å². The fraction of sp³-hybridized carbons (Fsp3) is 0.381. The fourth-order valence-corrected chi connectivity index (χ4v) is 3.35. The second kappa shape index (κ2) is 9.28. The Kier molecular flexibility index (Phi) is 6.78. The standard InChI is InChI=1S/C21H25N3O3.ClH/c1-16-13-21(27-12-9-23-7-10-26-11-8-23)22-24(16)19-5-3-17-4-6-20(25-2)15-18(17)14-19;/h3-6,13-15H,7-12H2,1-2H3;1H. The lowest BCUT2D eigenvalue weighted by Gasteiger charge is -2.26. The predicted octanol–water partition coefficient (Wildman–Crippen LogP) is 3.48. The monoisotopic (exact) mass is 403 g/mol. The van der Waals surface area contributed by atoms with E-state index in [1.165, 1.54) is 5.39 Å². The molecule has 1 fully saturated rings. The van der Waals surface area contributed by atoms with Crippen LogP contribution in [0.3, 0.4) is 0 Å². The second-order valence-electron chi connectivity index (χ2n) is 6.74. The highest BCUT2D eigenvalue weighted by Gasteiger charge is 2.12. The Balaban J connectivity index is 0.00000225. The maximum absolute atomic E-state index is 5.88. The first-order chi connectivity index (χ1) is 13.2. The van der Waals surface area contributed by atoms with Crippen LogP contribution in [0.25, 0.3) is 16.5 Å². The molecule has 1 saturated heterocycles. The zero-order valence-electron chi connectivity index (χ0n) is 16.3. The summed E-state index contributed by atoms with van der Waals surface area (Å²) in [4.78, 5) is 2.35. The van der Waals surface area contributed by atoms with E-state index in [-0.39, 0.29) is 12.4 Å². The van der Waals surface area contributed by atoms with Gasteiger partial charge in [-0.15, -0.1) is 17.5 Å². The molecular formula is C21H26ClN3O3. The molecule has 0 spiro atoms. The summed E-state index contributed by atoms with van der Waals surface area (Å²) in [6, 6.07) is 14.4. The van der Waals surface area contributed by atoms with Crippen molar-refractivity contribution in [2.75, 3.05) is 46.6 Å². The predicted molar refractivity (Wildman–Crippen MR) is 112 cm³/mol. The van der Waals surface area contributed by atoms with Crippen molar-refractivity contribution in [3.63, 3.8) is 0 Å². The molecule has 28 heavy (non-hydrogen) atoms. The minimum absolute atomic E-state index is 0. The van der Waals surface area contributed by atoms with E-state index >= 15 is 0 Å². The van der Waals surface area contributed by atoms with Crippen LogP contribution in [0, 0.1) is 6.92 Å². The van der Waals surface area contributed by atoms with E-state index in [4.69, 9.17) is 14.2 Å². The number of methoxy groups -OCH3 is 1. The molecule has 3 aromatic rings. The Morgan fingerprint density at radius 2 is 1.82 bits per heavy atom. The molecule has 0 radical (unpaired) electrons.